The van der Waals surface area contributed by atoms with Gasteiger partial charge in [0.15, 0.2) is 6.61 Å². The van der Waals surface area contributed by atoms with Crippen LogP contribution in [-0.4, -0.2) is 74.7 Å². The number of hydrogen-bond donors (Lipinski definition) is 1. The van der Waals surface area contributed by atoms with Gasteiger partial charge in [-0.05, 0) is 23.6 Å². The SMILES string of the molecule is O=C(CCNC(=O)c1cccs1)OCC(=O)N1CCN(S(=O)(=O)c2ccccc2)CC1. The third-order valence-electron chi connectivity index (χ3n) is 4.69. The summed E-state index contributed by atoms with van der Waals surface area (Å²) >= 11 is 1.30. The topological polar surface area (TPSA) is 113 Å². The molecule has 1 aliphatic rings. The molecule has 1 saturated heterocycles. The molecular formula is C20H23N3O6S2. The number of esters is 1. The highest BCUT2D eigenvalue weighted by atomic mass is 32.2. The molecule has 0 saturated carbocycles. The molecule has 0 spiro atoms. The Bertz CT molecular complexity index is 1000. The number of thiophene rings is 1. The molecule has 2 heterocycles. The van der Waals surface area contributed by atoms with Crippen molar-refractivity contribution in [2.75, 3.05) is 39.3 Å². The summed E-state index contributed by atoms with van der Waals surface area (Å²) in [4.78, 5) is 38.1. The van der Waals surface area contributed by atoms with E-state index in [0.717, 1.165) is 0 Å². The van der Waals surface area contributed by atoms with Crippen LogP contribution in [0.3, 0.4) is 0 Å². The van der Waals surface area contributed by atoms with E-state index in [-0.39, 0.29) is 55.9 Å². The molecule has 1 aromatic heterocycles. The van der Waals surface area contributed by atoms with Crippen LogP contribution in [0.15, 0.2) is 52.7 Å². The van der Waals surface area contributed by atoms with Crippen LogP contribution in [0.2, 0.25) is 0 Å². The first kappa shape index (κ1) is 22.9. The van der Waals surface area contributed by atoms with E-state index in [0.29, 0.717) is 4.88 Å². The number of rotatable bonds is 8. The van der Waals surface area contributed by atoms with Crippen LogP contribution in [0, 0.1) is 0 Å². The lowest BCUT2D eigenvalue weighted by Crippen LogP contribution is -2.51. The second-order valence-corrected chi connectivity index (χ2v) is 9.63. The Morgan fingerprint density at radius 1 is 1.00 bits per heavy atom. The van der Waals surface area contributed by atoms with Crippen LogP contribution in [0.25, 0.3) is 0 Å². The van der Waals surface area contributed by atoms with Crippen molar-refractivity contribution in [3.63, 3.8) is 0 Å². The van der Waals surface area contributed by atoms with E-state index in [1.807, 2.05) is 0 Å². The Labute approximate surface area is 184 Å². The van der Waals surface area contributed by atoms with Gasteiger partial charge >= 0.3 is 5.97 Å². The van der Waals surface area contributed by atoms with Gasteiger partial charge in [-0.1, -0.05) is 24.3 Å². The van der Waals surface area contributed by atoms with Crippen molar-refractivity contribution in [3.8, 4) is 0 Å². The van der Waals surface area contributed by atoms with Gasteiger partial charge in [0.2, 0.25) is 10.0 Å². The van der Waals surface area contributed by atoms with Gasteiger partial charge in [0.1, 0.15) is 0 Å². The molecule has 0 bridgehead atoms. The van der Waals surface area contributed by atoms with Gasteiger partial charge in [-0.15, -0.1) is 11.3 Å². The summed E-state index contributed by atoms with van der Waals surface area (Å²) in [6.07, 6.45) is -0.0481. The minimum absolute atomic E-state index is 0.0481. The fraction of sp³-hybridized carbons (Fsp3) is 0.350. The van der Waals surface area contributed by atoms with Gasteiger partial charge in [-0.2, -0.15) is 4.31 Å². The van der Waals surface area contributed by atoms with Crippen LogP contribution in [0.4, 0.5) is 0 Å². The third-order valence-corrected chi connectivity index (χ3v) is 7.47. The van der Waals surface area contributed by atoms with E-state index in [2.05, 4.69) is 5.32 Å². The van der Waals surface area contributed by atoms with Gasteiger partial charge in [-0.25, -0.2) is 8.42 Å². The Morgan fingerprint density at radius 3 is 2.35 bits per heavy atom. The smallest absolute Gasteiger partial charge is 0.308 e. The summed E-state index contributed by atoms with van der Waals surface area (Å²) in [5.74, 6) is -1.24. The number of carbonyl (C=O) groups is 3. The third kappa shape index (κ3) is 6.12. The van der Waals surface area contributed by atoms with Gasteiger partial charge < -0.3 is 15.0 Å². The predicted molar refractivity (Wildman–Crippen MR) is 114 cm³/mol. The molecule has 1 aromatic carbocycles. The first-order chi connectivity index (χ1) is 14.9. The maximum atomic E-state index is 12.6. The summed E-state index contributed by atoms with van der Waals surface area (Å²) in [5.41, 5.74) is 0. The number of carbonyl (C=O) groups excluding carboxylic acids is 3. The molecule has 2 amide bonds. The summed E-state index contributed by atoms with van der Waals surface area (Å²) in [7, 11) is -3.59. The number of amides is 2. The van der Waals surface area contributed by atoms with Gasteiger partial charge in [-0.3, -0.25) is 14.4 Å². The number of nitrogens with one attached hydrogen (secondary N) is 1. The monoisotopic (exact) mass is 465 g/mol. The number of ether oxygens (including phenoxy) is 1. The number of sulfonamides is 1. The molecular weight excluding hydrogens is 442 g/mol. The molecule has 166 valence electrons. The van der Waals surface area contributed by atoms with E-state index in [1.54, 1.807) is 35.7 Å². The average Bonchev–Trinajstić information content (AvgIpc) is 3.33. The minimum Gasteiger partial charge on any atom is -0.456 e. The molecule has 0 unspecified atom stereocenters. The number of benzene rings is 1. The molecule has 11 heteroatoms. The molecule has 2 aromatic rings. The van der Waals surface area contributed by atoms with Crippen LogP contribution >= 0.6 is 11.3 Å². The van der Waals surface area contributed by atoms with Crippen LogP contribution in [0.1, 0.15) is 16.1 Å². The van der Waals surface area contributed by atoms with Crippen molar-refractivity contribution in [1.29, 1.82) is 0 Å². The molecule has 9 nitrogen and oxygen atoms in total. The highest BCUT2D eigenvalue weighted by molar-refractivity contribution is 7.89. The lowest BCUT2D eigenvalue weighted by molar-refractivity contribution is -0.152. The van der Waals surface area contributed by atoms with Crippen LogP contribution in [-0.2, 0) is 24.3 Å². The molecule has 1 N–H and O–H groups in total. The minimum atomic E-state index is -3.59. The Kier molecular flexibility index (Phi) is 7.77. The van der Waals surface area contributed by atoms with Gasteiger partial charge in [0.05, 0.1) is 16.2 Å². The number of nitrogens with zero attached hydrogens (tertiary/aromatic N) is 2. The van der Waals surface area contributed by atoms with E-state index in [9.17, 15) is 22.8 Å². The van der Waals surface area contributed by atoms with Crippen molar-refractivity contribution in [3.05, 3.63) is 52.7 Å². The molecule has 1 aliphatic heterocycles. The lowest BCUT2D eigenvalue weighted by Gasteiger charge is -2.33. The quantitative estimate of drug-likeness (QED) is 0.581. The standard InChI is InChI=1S/C20H23N3O6S2/c24-18(15-29-19(25)8-9-21-20(26)17-7-4-14-30-17)22-10-12-23(13-11-22)31(27,28)16-5-2-1-3-6-16/h1-7,14H,8-13,15H2,(H,21,26). The molecule has 3 rings (SSSR count). The van der Waals surface area contributed by atoms with E-state index in [1.165, 1.54) is 32.7 Å². The van der Waals surface area contributed by atoms with Crippen molar-refractivity contribution < 1.29 is 27.5 Å². The molecule has 0 radical (unpaired) electrons. The van der Waals surface area contributed by atoms with Crippen molar-refractivity contribution in [2.45, 2.75) is 11.3 Å². The zero-order valence-corrected chi connectivity index (χ0v) is 18.4. The largest absolute Gasteiger partial charge is 0.456 e. The molecule has 1 fully saturated rings. The molecule has 0 aliphatic carbocycles. The Hall–Kier alpha value is -2.76. The highest BCUT2D eigenvalue weighted by Gasteiger charge is 2.30. The second-order valence-electron chi connectivity index (χ2n) is 6.74. The normalized spacial score (nSPS) is 14.8. The lowest BCUT2D eigenvalue weighted by atomic mass is 10.3. The van der Waals surface area contributed by atoms with Crippen LogP contribution in [0.5, 0.6) is 0 Å². The van der Waals surface area contributed by atoms with E-state index >= 15 is 0 Å². The van der Waals surface area contributed by atoms with Crippen molar-refractivity contribution in [2.24, 2.45) is 0 Å². The summed E-state index contributed by atoms with van der Waals surface area (Å²) in [6, 6.07) is 11.6. The van der Waals surface area contributed by atoms with E-state index < -0.39 is 22.6 Å². The Balaban J connectivity index is 1.37. The summed E-state index contributed by atoms with van der Waals surface area (Å²) < 4.78 is 31.6. The fourth-order valence-electron chi connectivity index (χ4n) is 3.00. The number of hydrogen-bond acceptors (Lipinski definition) is 7. The zero-order valence-electron chi connectivity index (χ0n) is 16.7. The zero-order chi connectivity index (χ0) is 22.3. The molecule has 0 atom stereocenters. The number of piperazine rings is 1. The van der Waals surface area contributed by atoms with Gasteiger partial charge in [0, 0.05) is 32.7 Å². The van der Waals surface area contributed by atoms with Crippen LogP contribution < -0.4 is 5.32 Å². The first-order valence-electron chi connectivity index (χ1n) is 9.68. The van der Waals surface area contributed by atoms with Crippen molar-refractivity contribution in [1.82, 2.24) is 14.5 Å². The van der Waals surface area contributed by atoms with Gasteiger partial charge in [0.25, 0.3) is 11.8 Å². The molecule has 31 heavy (non-hydrogen) atoms. The van der Waals surface area contributed by atoms with E-state index in [4.69, 9.17) is 4.74 Å². The summed E-state index contributed by atoms with van der Waals surface area (Å²) in [5, 5.41) is 4.40. The second kappa shape index (κ2) is 10.5. The maximum Gasteiger partial charge on any atom is 0.308 e. The fourth-order valence-corrected chi connectivity index (χ4v) is 5.08. The maximum absolute atomic E-state index is 12.6. The Morgan fingerprint density at radius 2 is 1.71 bits per heavy atom. The predicted octanol–water partition coefficient (Wildman–Crippen LogP) is 0.944. The highest BCUT2D eigenvalue weighted by Crippen LogP contribution is 2.17. The average molecular weight is 466 g/mol. The first-order valence-corrected chi connectivity index (χ1v) is 12.0. The van der Waals surface area contributed by atoms with Crippen molar-refractivity contribution >= 4 is 39.1 Å². The summed E-state index contributed by atoms with van der Waals surface area (Å²) in [6.45, 7) is 0.485.